The van der Waals surface area contributed by atoms with Crippen molar-refractivity contribution in [3.8, 4) is 0 Å². The topological polar surface area (TPSA) is 38.9 Å². The second-order valence-corrected chi connectivity index (χ2v) is 5.24. The zero-order valence-corrected chi connectivity index (χ0v) is 11.2. The van der Waals surface area contributed by atoms with Crippen molar-refractivity contribution in [3.05, 3.63) is 39.1 Å². The van der Waals surface area contributed by atoms with Crippen molar-refractivity contribution >= 4 is 46.0 Å². The maximum atomic E-state index is 5.65. The van der Waals surface area contributed by atoms with Crippen LogP contribution in [0.15, 0.2) is 34.1 Å². The minimum absolute atomic E-state index is 0.411. The average Bonchev–Trinajstić information content (AvgIpc) is 2.64. The number of rotatable bonds is 3. The van der Waals surface area contributed by atoms with Crippen LogP contribution in [0, 0.1) is 3.57 Å². The fourth-order valence-corrected chi connectivity index (χ4v) is 2.06. The molecular formula is C9H6ClIN2OS. The van der Waals surface area contributed by atoms with Crippen LogP contribution in [0.25, 0.3) is 0 Å². The highest BCUT2D eigenvalue weighted by molar-refractivity contribution is 14.1. The Kier molecular flexibility index (Phi) is 3.87. The van der Waals surface area contributed by atoms with Gasteiger partial charge in [0.2, 0.25) is 0 Å². The summed E-state index contributed by atoms with van der Waals surface area (Å²) in [6, 6.07) is 3.58. The Hall–Kier alpha value is -0.270. The molecule has 3 nitrogen and oxygen atoms in total. The molecule has 15 heavy (non-hydrogen) atoms. The van der Waals surface area contributed by atoms with E-state index in [1.165, 1.54) is 11.8 Å². The highest BCUT2D eigenvalue weighted by atomic mass is 127. The van der Waals surface area contributed by atoms with E-state index in [1.54, 1.807) is 18.5 Å². The molecule has 0 aliphatic heterocycles. The SMILES string of the molecule is Clc1ccc(CSc2ncc(I)cn2)o1. The Morgan fingerprint density at radius 1 is 1.33 bits per heavy atom. The molecule has 0 fully saturated rings. The summed E-state index contributed by atoms with van der Waals surface area (Å²) in [6.07, 6.45) is 3.57. The summed E-state index contributed by atoms with van der Waals surface area (Å²) in [5, 5.41) is 1.15. The molecule has 0 aromatic carbocycles. The van der Waals surface area contributed by atoms with Crippen LogP contribution in [0.2, 0.25) is 5.22 Å². The standard InChI is InChI=1S/C9H6ClIN2OS/c10-8-2-1-7(14-8)5-15-9-12-3-6(11)4-13-9/h1-4H,5H2. The van der Waals surface area contributed by atoms with E-state index in [0.29, 0.717) is 11.0 Å². The highest BCUT2D eigenvalue weighted by Gasteiger charge is 2.02. The Labute approximate surface area is 110 Å². The van der Waals surface area contributed by atoms with Crippen molar-refractivity contribution in [1.82, 2.24) is 9.97 Å². The van der Waals surface area contributed by atoms with Crippen LogP contribution in [0.5, 0.6) is 0 Å². The smallest absolute Gasteiger partial charge is 0.193 e. The summed E-state index contributed by atoms with van der Waals surface area (Å²) in [5.74, 6) is 1.51. The lowest BCUT2D eigenvalue weighted by atomic mass is 10.5. The molecule has 0 saturated carbocycles. The molecule has 0 N–H and O–H groups in total. The highest BCUT2D eigenvalue weighted by Crippen LogP contribution is 2.22. The van der Waals surface area contributed by atoms with Crippen LogP contribution in [0.3, 0.4) is 0 Å². The zero-order valence-electron chi connectivity index (χ0n) is 7.48. The molecule has 2 rings (SSSR count). The van der Waals surface area contributed by atoms with E-state index in [0.717, 1.165) is 14.5 Å². The van der Waals surface area contributed by atoms with Gasteiger partial charge in [0.25, 0.3) is 0 Å². The summed E-state index contributed by atoms with van der Waals surface area (Å²) in [7, 11) is 0. The van der Waals surface area contributed by atoms with Crippen LogP contribution < -0.4 is 0 Å². The Morgan fingerprint density at radius 3 is 2.67 bits per heavy atom. The molecule has 0 saturated heterocycles. The first-order chi connectivity index (χ1) is 7.24. The molecule has 0 unspecified atom stereocenters. The van der Waals surface area contributed by atoms with Crippen LogP contribution in [0.1, 0.15) is 5.76 Å². The number of furan rings is 1. The normalized spacial score (nSPS) is 10.5. The van der Waals surface area contributed by atoms with Gasteiger partial charge in [0.05, 0.1) is 5.75 Å². The molecule has 0 atom stereocenters. The summed E-state index contributed by atoms with van der Waals surface area (Å²) < 4.78 is 6.24. The molecule has 0 bridgehead atoms. The third-order valence-corrected chi connectivity index (χ3v) is 3.23. The van der Waals surface area contributed by atoms with E-state index in [4.69, 9.17) is 16.0 Å². The summed E-state index contributed by atoms with van der Waals surface area (Å²) in [4.78, 5) is 8.34. The molecular weight excluding hydrogens is 347 g/mol. The predicted molar refractivity (Wildman–Crippen MR) is 68.0 cm³/mol. The first kappa shape index (κ1) is 11.2. The second kappa shape index (κ2) is 5.18. The van der Waals surface area contributed by atoms with Gasteiger partial charge in [-0.15, -0.1) is 0 Å². The van der Waals surface area contributed by atoms with Crippen LogP contribution >= 0.6 is 46.0 Å². The Morgan fingerprint density at radius 2 is 2.07 bits per heavy atom. The van der Waals surface area contributed by atoms with E-state index >= 15 is 0 Å². The third kappa shape index (κ3) is 3.35. The number of hydrogen-bond donors (Lipinski definition) is 0. The lowest BCUT2D eigenvalue weighted by Gasteiger charge is -1.96. The number of halogens is 2. The minimum Gasteiger partial charge on any atom is -0.449 e. The van der Waals surface area contributed by atoms with E-state index in [-0.39, 0.29) is 0 Å². The van der Waals surface area contributed by atoms with Gasteiger partial charge in [0.15, 0.2) is 10.4 Å². The van der Waals surface area contributed by atoms with Crippen LogP contribution in [-0.2, 0) is 5.75 Å². The Bertz CT molecular complexity index is 446. The van der Waals surface area contributed by atoms with E-state index in [9.17, 15) is 0 Å². The molecule has 0 radical (unpaired) electrons. The second-order valence-electron chi connectivity index (χ2n) is 2.68. The predicted octanol–water partition coefficient (Wildman–Crippen LogP) is 3.62. The van der Waals surface area contributed by atoms with E-state index in [2.05, 4.69) is 32.6 Å². The molecule has 0 spiro atoms. The van der Waals surface area contributed by atoms with Gasteiger partial charge in [0.1, 0.15) is 5.76 Å². The van der Waals surface area contributed by atoms with Gasteiger partial charge >= 0.3 is 0 Å². The Balaban J connectivity index is 1.96. The van der Waals surface area contributed by atoms with Gasteiger partial charge < -0.3 is 4.42 Å². The fourth-order valence-electron chi connectivity index (χ4n) is 0.940. The largest absolute Gasteiger partial charge is 0.449 e. The van der Waals surface area contributed by atoms with Gasteiger partial charge in [-0.05, 0) is 46.3 Å². The fraction of sp³-hybridized carbons (Fsp3) is 0.111. The van der Waals surface area contributed by atoms with Gasteiger partial charge in [-0.3, -0.25) is 0 Å². The lowest BCUT2D eigenvalue weighted by molar-refractivity contribution is 0.532. The molecule has 78 valence electrons. The molecule has 6 heteroatoms. The van der Waals surface area contributed by atoms with Crippen LogP contribution in [-0.4, -0.2) is 9.97 Å². The zero-order chi connectivity index (χ0) is 10.7. The lowest BCUT2D eigenvalue weighted by Crippen LogP contribution is -1.86. The molecule has 0 amide bonds. The first-order valence-corrected chi connectivity index (χ1v) is 6.53. The quantitative estimate of drug-likeness (QED) is 0.480. The van der Waals surface area contributed by atoms with E-state index in [1.807, 2.05) is 6.07 Å². The maximum Gasteiger partial charge on any atom is 0.193 e. The summed E-state index contributed by atoms with van der Waals surface area (Å²) >= 11 is 9.34. The van der Waals surface area contributed by atoms with Crippen molar-refractivity contribution in [2.75, 3.05) is 0 Å². The van der Waals surface area contributed by atoms with E-state index < -0.39 is 0 Å². The van der Waals surface area contributed by atoms with Crippen molar-refractivity contribution in [2.45, 2.75) is 10.9 Å². The average molecular weight is 353 g/mol. The number of nitrogens with zero attached hydrogens (tertiary/aromatic N) is 2. The minimum atomic E-state index is 0.411. The van der Waals surface area contributed by atoms with Crippen molar-refractivity contribution < 1.29 is 4.42 Å². The van der Waals surface area contributed by atoms with Crippen molar-refractivity contribution in [3.63, 3.8) is 0 Å². The number of hydrogen-bond acceptors (Lipinski definition) is 4. The molecule has 0 aliphatic rings. The van der Waals surface area contributed by atoms with Crippen molar-refractivity contribution in [1.29, 1.82) is 0 Å². The molecule has 2 aromatic rings. The summed E-state index contributed by atoms with van der Waals surface area (Å²) in [6.45, 7) is 0. The van der Waals surface area contributed by atoms with Gasteiger partial charge in [-0.2, -0.15) is 0 Å². The molecule has 2 aromatic heterocycles. The van der Waals surface area contributed by atoms with Gasteiger partial charge in [-0.25, -0.2) is 9.97 Å². The monoisotopic (exact) mass is 352 g/mol. The van der Waals surface area contributed by atoms with Gasteiger partial charge in [-0.1, -0.05) is 11.8 Å². The van der Waals surface area contributed by atoms with Gasteiger partial charge in [0, 0.05) is 16.0 Å². The van der Waals surface area contributed by atoms with Crippen molar-refractivity contribution in [2.24, 2.45) is 0 Å². The molecule has 2 heterocycles. The number of thioether (sulfide) groups is 1. The van der Waals surface area contributed by atoms with Crippen LogP contribution in [0.4, 0.5) is 0 Å². The summed E-state index contributed by atoms with van der Waals surface area (Å²) in [5.41, 5.74) is 0. The molecule has 0 aliphatic carbocycles. The number of aromatic nitrogens is 2. The third-order valence-electron chi connectivity index (χ3n) is 1.57. The maximum absolute atomic E-state index is 5.65. The first-order valence-electron chi connectivity index (χ1n) is 4.08.